The van der Waals surface area contributed by atoms with Gasteiger partial charge in [0.25, 0.3) is 0 Å². The molecule has 0 aliphatic rings. The zero-order chi connectivity index (χ0) is 13.7. The Hall–Kier alpha value is -1.87. The van der Waals surface area contributed by atoms with Gasteiger partial charge in [0.15, 0.2) is 0 Å². The van der Waals surface area contributed by atoms with Crippen molar-refractivity contribution in [1.82, 2.24) is 4.98 Å². The maximum absolute atomic E-state index is 5.95. The topological polar surface area (TPSA) is 48.1 Å². The van der Waals surface area contributed by atoms with Crippen molar-refractivity contribution in [3.8, 4) is 16.9 Å². The Kier molecular flexibility index (Phi) is 4.17. The molecule has 0 spiro atoms. The first-order valence-corrected chi connectivity index (χ1v) is 6.45. The van der Waals surface area contributed by atoms with Gasteiger partial charge in [-0.05, 0) is 23.8 Å². The summed E-state index contributed by atoms with van der Waals surface area (Å²) in [5.74, 6) is 0.884. The molecule has 3 nitrogen and oxygen atoms in total. The SMILES string of the molecule is CC(C)(CN)COc1ccccc1-c1ccncc1. The molecule has 2 aromatic rings. The fourth-order valence-corrected chi connectivity index (χ4v) is 1.69. The summed E-state index contributed by atoms with van der Waals surface area (Å²) in [7, 11) is 0. The van der Waals surface area contributed by atoms with Crippen molar-refractivity contribution < 1.29 is 4.74 Å². The van der Waals surface area contributed by atoms with Crippen LogP contribution in [0.15, 0.2) is 48.8 Å². The van der Waals surface area contributed by atoms with Crippen LogP contribution in [0.25, 0.3) is 11.1 Å². The lowest BCUT2D eigenvalue weighted by molar-refractivity contribution is 0.188. The molecule has 0 aliphatic carbocycles. The fourth-order valence-electron chi connectivity index (χ4n) is 1.69. The molecule has 1 aromatic carbocycles. The van der Waals surface area contributed by atoms with E-state index in [0.717, 1.165) is 16.9 Å². The second-order valence-electron chi connectivity index (χ2n) is 5.39. The normalized spacial score (nSPS) is 11.3. The van der Waals surface area contributed by atoms with Gasteiger partial charge in [-0.25, -0.2) is 0 Å². The first-order valence-electron chi connectivity index (χ1n) is 6.45. The van der Waals surface area contributed by atoms with Crippen molar-refractivity contribution in [1.29, 1.82) is 0 Å². The van der Waals surface area contributed by atoms with Crippen LogP contribution < -0.4 is 10.5 Å². The molecule has 1 aromatic heterocycles. The van der Waals surface area contributed by atoms with Crippen LogP contribution in [0.2, 0.25) is 0 Å². The average Bonchev–Trinajstić information content (AvgIpc) is 2.46. The van der Waals surface area contributed by atoms with Crippen molar-refractivity contribution in [3.63, 3.8) is 0 Å². The second-order valence-corrected chi connectivity index (χ2v) is 5.39. The predicted molar refractivity (Wildman–Crippen MR) is 78.0 cm³/mol. The van der Waals surface area contributed by atoms with E-state index in [1.54, 1.807) is 12.4 Å². The van der Waals surface area contributed by atoms with Gasteiger partial charge in [0.05, 0.1) is 6.61 Å². The van der Waals surface area contributed by atoms with Crippen LogP contribution in [0.4, 0.5) is 0 Å². The van der Waals surface area contributed by atoms with Crippen molar-refractivity contribution in [3.05, 3.63) is 48.8 Å². The van der Waals surface area contributed by atoms with Gasteiger partial charge in [0.2, 0.25) is 0 Å². The number of rotatable bonds is 5. The third kappa shape index (κ3) is 3.55. The van der Waals surface area contributed by atoms with Gasteiger partial charge >= 0.3 is 0 Å². The van der Waals surface area contributed by atoms with E-state index < -0.39 is 0 Å². The first kappa shape index (κ1) is 13.6. The summed E-state index contributed by atoms with van der Waals surface area (Å²) in [6, 6.07) is 12.0. The largest absolute Gasteiger partial charge is 0.492 e. The fraction of sp³-hybridized carbons (Fsp3) is 0.312. The van der Waals surface area contributed by atoms with Crippen LogP contribution in [0.1, 0.15) is 13.8 Å². The quantitative estimate of drug-likeness (QED) is 0.894. The summed E-state index contributed by atoms with van der Waals surface area (Å²) in [5.41, 5.74) is 7.90. The zero-order valence-corrected chi connectivity index (χ0v) is 11.5. The molecule has 0 amide bonds. The Morgan fingerprint density at radius 1 is 1.11 bits per heavy atom. The van der Waals surface area contributed by atoms with Crippen molar-refractivity contribution >= 4 is 0 Å². The lowest BCUT2D eigenvalue weighted by Gasteiger charge is -2.23. The van der Waals surface area contributed by atoms with E-state index in [4.69, 9.17) is 10.5 Å². The van der Waals surface area contributed by atoms with Gasteiger partial charge in [-0.1, -0.05) is 32.0 Å². The highest BCUT2D eigenvalue weighted by molar-refractivity contribution is 5.69. The van der Waals surface area contributed by atoms with Crippen LogP contribution in [-0.4, -0.2) is 18.1 Å². The number of hydrogen-bond acceptors (Lipinski definition) is 3. The van der Waals surface area contributed by atoms with Crippen molar-refractivity contribution in [2.75, 3.05) is 13.2 Å². The highest BCUT2D eigenvalue weighted by Gasteiger charge is 2.17. The summed E-state index contributed by atoms with van der Waals surface area (Å²) in [5, 5.41) is 0. The minimum atomic E-state index is -0.0225. The first-order chi connectivity index (χ1) is 9.12. The average molecular weight is 256 g/mol. The smallest absolute Gasteiger partial charge is 0.127 e. The van der Waals surface area contributed by atoms with Crippen LogP contribution in [-0.2, 0) is 0 Å². The van der Waals surface area contributed by atoms with Gasteiger partial charge in [-0.3, -0.25) is 4.98 Å². The van der Waals surface area contributed by atoms with E-state index in [1.807, 2.05) is 30.3 Å². The summed E-state index contributed by atoms with van der Waals surface area (Å²) in [6.45, 7) is 5.40. The molecule has 1 heterocycles. The molecule has 19 heavy (non-hydrogen) atoms. The molecule has 2 N–H and O–H groups in total. The molecule has 0 saturated carbocycles. The van der Waals surface area contributed by atoms with Crippen LogP contribution in [0.5, 0.6) is 5.75 Å². The third-order valence-electron chi connectivity index (χ3n) is 3.05. The Balaban J connectivity index is 2.23. The van der Waals surface area contributed by atoms with Crippen LogP contribution in [0.3, 0.4) is 0 Å². The van der Waals surface area contributed by atoms with Crippen LogP contribution in [0, 0.1) is 5.41 Å². The van der Waals surface area contributed by atoms with E-state index in [2.05, 4.69) is 24.9 Å². The molecular weight excluding hydrogens is 236 g/mol. The highest BCUT2D eigenvalue weighted by atomic mass is 16.5. The number of nitrogens with two attached hydrogens (primary N) is 1. The lowest BCUT2D eigenvalue weighted by Crippen LogP contribution is -2.30. The molecule has 0 radical (unpaired) electrons. The number of hydrogen-bond donors (Lipinski definition) is 1. The maximum Gasteiger partial charge on any atom is 0.127 e. The Labute approximate surface area is 114 Å². The summed E-state index contributed by atoms with van der Waals surface area (Å²) in [6.07, 6.45) is 3.58. The summed E-state index contributed by atoms with van der Waals surface area (Å²) < 4.78 is 5.95. The predicted octanol–water partition coefficient (Wildman–Crippen LogP) is 3.11. The molecule has 0 unspecified atom stereocenters. The lowest BCUT2D eigenvalue weighted by atomic mass is 9.95. The summed E-state index contributed by atoms with van der Waals surface area (Å²) in [4.78, 5) is 4.04. The van der Waals surface area contributed by atoms with Crippen molar-refractivity contribution in [2.24, 2.45) is 11.1 Å². The third-order valence-corrected chi connectivity index (χ3v) is 3.05. The minimum absolute atomic E-state index is 0.0225. The molecule has 2 rings (SSSR count). The second kappa shape index (κ2) is 5.85. The number of aromatic nitrogens is 1. The molecule has 0 bridgehead atoms. The van der Waals surface area contributed by atoms with E-state index in [-0.39, 0.29) is 5.41 Å². The molecule has 0 aliphatic heterocycles. The number of para-hydroxylation sites is 1. The monoisotopic (exact) mass is 256 g/mol. The molecular formula is C16H20N2O. The summed E-state index contributed by atoms with van der Waals surface area (Å²) >= 11 is 0. The number of nitrogens with zero attached hydrogens (tertiary/aromatic N) is 1. The Bertz CT molecular complexity index is 523. The zero-order valence-electron chi connectivity index (χ0n) is 11.5. The Morgan fingerprint density at radius 2 is 1.79 bits per heavy atom. The molecule has 0 saturated heterocycles. The van der Waals surface area contributed by atoms with Crippen molar-refractivity contribution in [2.45, 2.75) is 13.8 Å². The van der Waals surface area contributed by atoms with E-state index in [9.17, 15) is 0 Å². The van der Waals surface area contributed by atoms with Gasteiger partial charge in [0.1, 0.15) is 5.75 Å². The molecule has 0 fully saturated rings. The standard InChI is InChI=1S/C16H20N2O/c1-16(2,11-17)12-19-15-6-4-3-5-14(15)13-7-9-18-10-8-13/h3-10H,11-12,17H2,1-2H3. The number of pyridine rings is 1. The molecule has 100 valence electrons. The highest BCUT2D eigenvalue weighted by Crippen LogP contribution is 2.30. The molecule has 0 atom stereocenters. The Morgan fingerprint density at radius 3 is 2.47 bits per heavy atom. The maximum atomic E-state index is 5.95. The van der Waals surface area contributed by atoms with E-state index >= 15 is 0 Å². The number of benzene rings is 1. The number of ether oxygens (including phenoxy) is 1. The van der Waals surface area contributed by atoms with Gasteiger partial charge in [0, 0.05) is 29.9 Å². The van der Waals surface area contributed by atoms with E-state index in [1.165, 1.54) is 0 Å². The van der Waals surface area contributed by atoms with Gasteiger partial charge < -0.3 is 10.5 Å². The van der Waals surface area contributed by atoms with Gasteiger partial charge in [-0.15, -0.1) is 0 Å². The van der Waals surface area contributed by atoms with Crippen LogP contribution >= 0.6 is 0 Å². The van der Waals surface area contributed by atoms with Gasteiger partial charge in [-0.2, -0.15) is 0 Å². The van der Waals surface area contributed by atoms with E-state index in [0.29, 0.717) is 13.2 Å². The minimum Gasteiger partial charge on any atom is -0.492 e. The molecule has 3 heteroatoms.